The van der Waals surface area contributed by atoms with Crippen LogP contribution in [0.5, 0.6) is 0 Å². The third-order valence-corrected chi connectivity index (χ3v) is 2.60. The largest absolute Gasteiger partial charge is 0.462 e. The highest BCUT2D eigenvalue weighted by molar-refractivity contribution is 5.86. The van der Waals surface area contributed by atoms with Crippen molar-refractivity contribution in [3.63, 3.8) is 0 Å². The topological polar surface area (TPSA) is 39.2 Å². The summed E-state index contributed by atoms with van der Waals surface area (Å²) in [5.41, 5.74) is 2.09. The maximum atomic E-state index is 11.5. The molecule has 2 rings (SSSR count). The molecule has 0 aliphatic carbocycles. The van der Waals surface area contributed by atoms with Gasteiger partial charge < -0.3 is 4.74 Å². The van der Waals surface area contributed by atoms with Crippen LogP contribution in [0.4, 0.5) is 0 Å². The lowest BCUT2D eigenvalue weighted by Crippen LogP contribution is -2.04. The van der Waals surface area contributed by atoms with Gasteiger partial charge in [0, 0.05) is 24.9 Å². The first kappa shape index (κ1) is 13.0. The number of hydrogen-bond donors (Lipinski definition) is 0. The number of benzene rings is 1. The van der Waals surface area contributed by atoms with E-state index in [-0.39, 0.29) is 5.97 Å². The van der Waals surface area contributed by atoms with Gasteiger partial charge in [-0.3, -0.25) is 4.98 Å². The van der Waals surface area contributed by atoms with Crippen molar-refractivity contribution in [3.05, 3.63) is 72.1 Å². The van der Waals surface area contributed by atoms with E-state index in [1.54, 1.807) is 18.5 Å². The van der Waals surface area contributed by atoms with E-state index in [9.17, 15) is 4.79 Å². The van der Waals surface area contributed by atoms with Crippen LogP contribution in [-0.2, 0) is 16.0 Å². The van der Waals surface area contributed by atoms with Crippen LogP contribution in [-0.4, -0.2) is 17.6 Å². The van der Waals surface area contributed by atoms with Crippen LogP contribution in [0.3, 0.4) is 0 Å². The Bertz CT molecular complexity index is 535. The highest BCUT2D eigenvalue weighted by atomic mass is 16.5. The lowest BCUT2D eigenvalue weighted by Gasteiger charge is -2.02. The van der Waals surface area contributed by atoms with Crippen LogP contribution < -0.4 is 0 Å². The standard InChI is InChI=1S/C16H15NO2/c18-16(7-6-15-8-11-17-12-9-15)19-13-10-14-4-2-1-3-5-14/h1-9,11-12H,10,13H2. The van der Waals surface area contributed by atoms with Gasteiger partial charge in [0.1, 0.15) is 0 Å². The van der Waals surface area contributed by atoms with Gasteiger partial charge in [-0.1, -0.05) is 30.3 Å². The molecule has 3 heteroatoms. The summed E-state index contributed by atoms with van der Waals surface area (Å²) in [6, 6.07) is 13.6. The second kappa shape index (κ2) is 7.11. The van der Waals surface area contributed by atoms with Crippen molar-refractivity contribution in [2.24, 2.45) is 0 Å². The Morgan fingerprint density at radius 2 is 1.84 bits per heavy atom. The van der Waals surface area contributed by atoms with Crippen LogP contribution >= 0.6 is 0 Å². The van der Waals surface area contributed by atoms with Crippen molar-refractivity contribution in [1.29, 1.82) is 0 Å². The number of ether oxygens (including phenoxy) is 1. The molecule has 0 radical (unpaired) electrons. The highest BCUT2D eigenvalue weighted by Gasteiger charge is 1.97. The summed E-state index contributed by atoms with van der Waals surface area (Å²) in [5.74, 6) is -0.326. The SMILES string of the molecule is O=C(C=Cc1ccncc1)OCCc1ccccc1. The number of nitrogens with zero attached hydrogens (tertiary/aromatic N) is 1. The normalized spacial score (nSPS) is 10.5. The number of rotatable bonds is 5. The van der Waals surface area contributed by atoms with Gasteiger partial charge in [-0.05, 0) is 29.3 Å². The van der Waals surface area contributed by atoms with Gasteiger partial charge in [0.25, 0.3) is 0 Å². The minimum absolute atomic E-state index is 0.326. The maximum absolute atomic E-state index is 11.5. The third kappa shape index (κ3) is 4.76. The van der Waals surface area contributed by atoms with Gasteiger partial charge in [0.15, 0.2) is 0 Å². The molecule has 1 heterocycles. The first-order chi connectivity index (χ1) is 9.34. The molecule has 0 atom stereocenters. The molecule has 19 heavy (non-hydrogen) atoms. The molecular formula is C16H15NO2. The summed E-state index contributed by atoms with van der Waals surface area (Å²) in [6.07, 6.45) is 7.24. The Kier molecular flexibility index (Phi) is 4.87. The third-order valence-electron chi connectivity index (χ3n) is 2.60. The monoisotopic (exact) mass is 253 g/mol. The van der Waals surface area contributed by atoms with Crippen molar-refractivity contribution in [3.8, 4) is 0 Å². The molecule has 0 saturated carbocycles. The maximum Gasteiger partial charge on any atom is 0.330 e. The predicted octanol–water partition coefficient (Wildman–Crippen LogP) is 2.88. The minimum atomic E-state index is -0.326. The van der Waals surface area contributed by atoms with Crippen LogP contribution in [0.25, 0.3) is 6.08 Å². The molecule has 0 spiro atoms. The number of carbonyl (C=O) groups excluding carboxylic acids is 1. The molecule has 0 N–H and O–H groups in total. The molecule has 2 aromatic rings. The zero-order valence-electron chi connectivity index (χ0n) is 10.5. The second-order valence-electron chi connectivity index (χ2n) is 4.02. The Balaban J connectivity index is 1.75. The Labute approximate surface area is 112 Å². The van der Waals surface area contributed by atoms with Gasteiger partial charge in [0.05, 0.1) is 6.61 Å². The molecule has 0 aliphatic heterocycles. The predicted molar refractivity (Wildman–Crippen MR) is 74.4 cm³/mol. The minimum Gasteiger partial charge on any atom is -0.462 e. The van der Waals surface area contributed by atoms with Gasteiger partial charge in [-0.15, -0.1) is 0 Å². The molecule has 0 saturated heterocycles. The number of aromatic nitrogens is 1. The van der Waals surface area contributed by atoms with E-state index < -0.39 is 0 Å². The van der Waals surface area contributed by atoms with Crippen LogP contribution in [0.2, 0.25) is 0 Å². The zero-order valence-corrected chi connectivity index (χ0v) is 10.5. The fraction of sp³-hybridized carbons (Fsp3) is 0.125. The summed E-state index contributed by atoms with van der Waals surface area (Å²) >= 11 is 0. The smallest absolute Gasteiger partial charge is 0.330 e. The molecule has 96 valence electrons. The van der Waals surface area contributed by atoms with Gasteiger partial charge in [-0.25, -0.2) is 4.79 Å². The molecule has 0 amide bonds. The average molecular weight is 253 g/mol. The van der Waals surface area contributed by atoms with Gasteiger partial charge >= 0.3 is 5.97 Å². The fourth-order valence-electron chi connectivity index (χ4n) is 1.60. The quantitative estimate of drug-likeness (QED) is 0.607. The average Bonchev–Trinajstić information content (AvgIpc) is 2.47. The van der Waals surface area contributed by atoms with E-state index in [1.165, 1.54) is 6.08 Å². The summed E-state index contributed by atoms with van der Waals surface area (Å²) in [4.78, 5) is 15.4. The van der Waals surface area contributed by atoms with Crippen molar-refractivity contribution in [2.45, 2.75) is 6.42 Å². The Morgan fingerprint density at radius 1 is 1.11 bits per heavy atom. The second-order valence-corrected chi connectivity index (χ2v) is 4.02. The van der Waals surface area contributed by atoms with Crippen LogP contribution in [0.15, 0.2) is 60.9 Å². The van der Waals surface area contributed by atoms with Gasteiger partial charge in [0.2, 0.25) is 0 Å². The van der Waals surface area contributed by atoms with Crippen molar-refractivity contribution in [2.75, 3.05) is 6.61 Å². The zero-order chi connectivity index (χ0) is 13.3. The van der Waals surface area contributed by atoms with E-state index in [1.807, 2.05) is 42.5 Å². The number of hydrogen-bond acceptors (Lipinski definition) is 3. The summed E-state index contributed by atoms with van der Waals surface area (Å²) in [7, 11) is 0. The molecule has 0 unspecified atom stereocenters. The van der Waals surface area contributed by atoms with Crippen molar-refractivity contribution < 1.29 is 9.53 Å². The van der Waals surface area contributed by atoms with Crippen LogP contribution in [0.1, 0.15) is 11.1 Å². The molecule has 0 fully saturated rings. The summed E-state index contributed by atoms with van der Waals surface area (Å²) in [5, 5.41) is 0. The number of pyridine rings is 1. The molecule has 1 aromatic heterocycles. The number of carbonyl (C=O) groups is 1. The highest BCUT2D eigenvalue weighted by Crippen LogP contribution is 2.01. The van der Waals surface area contributed by atoms with Crippen LogP contribution in [0, 0.1) is 0 Å². The van der Waals surface area contributed by atoms with E-state index in [0.29, 0.717) is 6.61 Å². The fourth-order valence-corrected chi connectivity index (χ4v) is 1.60. The molecule has 0 aliphatic rings. The molecule has 0 bridgehead atoms. The summed E-state index contributed by atoms with van der Waals surface area (Å²) in [6.45, 7) is 0.392. The Hall–Kier alpha value is -2.42. The molecular weight excluding hydrogens is 238 g/mol. The number of esters is 1. The van der Waals surface area contributed by atoms with E-state index >= 15 is 0 Å². The van der Waals surface area contributed by atoms with Gasteiger partial charge in [-0.2, -0.15) is 0 Å². The van der Waals surface area contributed by atoms with Crippen molar-refractivity contribution >= 4 is 12.0 Å². The summed E-state index contributed by atoms with van der Waals surface area (Å²) < 4.78 is 5.13. The first-order valence-electron chi connectivity index (χ1n) is 6.13. The first-order valence-corrected chi connectivity index (χ1v) is 6.13. The molecule has 1 aromatic carbocycles. The van der Waals surface area contributed by atoms with E-state index in [2.05, 4.69) is 4.98 Å². The van der Waals surface area contributed by atoms with E-state index in [4.69, 9.17) is 4.74 Å². The van der Waals surface area contributed by atoms with E-state index in [0.717, 1.165) is 17.5 Å². The Morgan fingerprint density at radius 3 is 2.58 bits per heavy atom. The lowest BCUT2D eigenvalue weighted by atomic mass is 10.2. The van der Waals surface area contributed by atoms with Crippen molar-refractivity contribution in [1.82, 2.24) is 4.98 Å². The lowest BCUT2D eigenvalue weighted by molar-refractivity contribution is -0.137. The molecule has 3 nitrogen and oxygen atoms in total.